The number of nitrogens with zero attached hydrogens (tertiary/aromatic N) is 4. The largest absolute Gasteiger partial charge is 0.459 e. The molecule has 2 amide bonds. The number of aromatic nitrogens is 2. The van der Waals surface area contributed by atoms with Gasteiger partial charge in [0.2, 0.25) is 11.8 Å². The molecule has 0 radical (unpaired) electrons. The Morgan fingerprint density at radius 1 is 1.09 bits per heavy atom. The zero-order valence-corrected chi connectivity index (χ0v) is 27.4. The Kier molecular flexibility index (Phi) is 11.0. The highest BCUT2D eigenvalue weighted by molar-refractivity contribution is 5.90. The van der Waals surface area contributed by atoms with E-state index >= 15 is 0 Å². The molecule has 5 atom stereocenters. The highest BCUT2D eigenvalue weighted by atomic mass is 16.6. The number of aliphatic hydroxyl groups excluding tert-OH is 1. The SMILES string of the molecule is CC(C)C[C@H](N[C@H](CCC1C(O)c2c(cnc3ncccc23)N1O)C(=O)OC(C)(C)C)C(=O)N(C)[C@@H](Cc1ccccc1)C(N)=O. The second-order valence-electron chi connectivity index (χ2n) is 13.4. The van der Waals surface area contributed by atoms with Gasteiger partial charge in [-0.25, -0.2) is 15.0 Å². The zero-order chi connectivity index (χ0) is 33.8. The molecule has 5 N–H and O–H groups in total. The molecule has 0 bridgehead atoms. The van der Waals surface area contributed by atoms with Crippen molar-refractivity contribution in [3.63, 3.8) is 0 Å². The van der Waals surface area contributed by atoms with E-state index in [-0.39, 0.29) is 31.1 Å². The monoisotopic (exact) mass is 634 g/mol. The van der Waals surface area contributed by atoms with Crippen LogP contribution in [0.2, 0.25) is 0 Å². The third kappa shape index (κ3) is 8.17. The number of hydroxylamine groups is 1. The Bertz CT molecular complexity index is 1530. The van der Waals surface area contributed by atoms with E-state index in [1.54, 1.807) is 46.1 Å². The fourth-order valence-electron chi connectivity index (χ4n) is 5.92. The van der Waals surface area contributed by atoms with Gasteiger partial charge in [0.25, 0.3) is 0 Å². The van der Waals surface area contributed by atoms with Crippen molar-refractivity contribution in [2.24, 2.45) is 11.7 Å². The number of nitrogens with two attached hydrogens (primary N) is 1. The predicted octanol–water partition coefficient (Wildman–Crippen LogP) is 3.29. The lowest BCUT2D eigenvalue weighted by Crippen LogP contribution is -2.57. The molecule has 3 heterocycles. The van der Waals surface area contributed by atoms with Gasteiger partial charge >= 0.3 is 5.97 Å². The van der Waals surface area contributed by atoms with Crippen LogP contribution in [0.25, 0.3) is 11.0 Å². The number of pyridine rings is 2. The minimum atomic E-state index is -1.08. The average Bonchev–Trinajstić information content (AvgIpc) is 3.24. The van der Waals surface area contributed by atoms with Gasteiger partial charge in [0.1, 0.15) is 23.8 Å². The molecule has 0 spiro atoms. The Morgan fingerprint density at radius 2 is 1.78 bits per heavy atom. The van der Waals surface area contributed by atoms with E-state index < -0.39 is 47.7 Å². The fourth-order valence-corrected chi connectivity index (χ4v) is 5.92. The summed E-state index contributed by atoms with van der Waals surface area (Å²) in [6, 6.07) is 9.32. The van der Waals surface area contributed by atoms with Crippen LogP contribution in [-0.4, -0.2) is 79.8 Å². The zero-order valence-electron chi connectivity index (χ0n) is 27.4. The number of likely N-dealkylation sites (N-methyl/N-ethyl adjacent to an activating group) is 1. The Morgan fingerprint density at radius 3 is 2.41 bits per heavy atom. The first-order valence-corrected chi connectivity index (χ1v) is 15.7. The van der Waals surface area contributed by atoms with Gasteiger partial charge in [0.05, 0.1) is 24.0 Å². The van der Waals surface area contributed by atoms with Gasteiger partial charge in [-0.2, -0.15) is 0 Å². The van der Waals surface area contributed by atoms with Crippen molar-refractivity contribution in [3.05, 3.63) is 66.0 Å². The number of nitrogens with one attached hydrogen (secondary N) is 1. The molecular weight excluding hydrogens is 588 g/mol. The predicted molar refractivity (Wildman–Crippen MR) is 174 cm³/mol. The number of carbonyl (C=O) groups excluding carboxylic acids is 3. The van der Waals surface area contributed by atoms with Gasteiger partial charge in [-0.05, 0) is 63.6 Å². The number of amides is 2. The number of ether oxygens (including phenoxy) is 1. The lowest BCUT2D eigenvalue weighted by atomic mass is 9.96. The summed E-state index contributed by atoms with van der Waals surface area (Å²) in [5.41, 5.74) is 7.15. The lowest BCUT2D eigenvalue weighted by molar-refractivity contribution is -0.158. The molecule has 12 heteroatoms. The van der Waals surface area contributed by atoms with Gasteiger partial charge in [0.15, 0.2) is 5.65 Å². The molecule has 4 rings (SSSR count). The van der Waals surface area contributed by atoms with Gasteiger partial charge in [0, 0.05) is 30.6 Å². The van der Waals surface area contributed by atoms with E-state index in [9.17, 15) is 24.7 Å². The van der Waals surface area contributed by atoms with Crippen LogP contribution in [0.4, 0.5) is 5.69 Å². The highest BCUT2D eigenvalue weighted by Crippen LogP contribution is 2.43. The smallest absolute Gasteiger partial charge is 0.323 e. The number of benzene rings is 1. The highest BCUT2D eigenvalue weighted by Gasteiger charge is 2.41. The number of anilines is 1. The molecular formula is C34H46N6O6. The van der Waals surface area contributed by atoms with Crippen LogP contribution in [0.1, 0.15) is 71.1 Å². The standard InChI is InChI=1S/C34H46N6O6/c1-20(2)17-24(32(43)39(6)26(30(35)42)18-21-11-8-7-9-12-21)38-23(33(44)46-34(3,4)5)14-15-25-29(41)28-22-13-10-16-36-31(22)37-19-27(28)40(25)45/h7-13,16,19-20,23-26,29,38,41,45H,14-15,17-18H2,1-6H3,(H2,35,42)/t23-,24+,25?,26+,29?/m1/s1. The van der Waals surface area contributed by atoms with Gasteiger partial charge in [-0.1, -0.05) is 44.2 Å². The average molecular weight is 635 g/mol. The number of esters is 1. The quantitative estimate of drug-likeness (QED) is 0.205. The molecule has 0 fully saturated rings. The maximum absolute atomic E-state index is 14.0. The van der Waals surface area contributed by atoms with E-state index in [2.05, 4.69) is 15.3 Å². The van der Waals surface area contributed by atoms with E-state index in [1.807, 2.05) is 44.2 Å². The Hall–Kier alpha value is -4.13. The minimum Gasteiger partial charge on any atom is -0.459 e. The normalized spacial score (nSPS) is 18.2. The summed E-state index contributed by atoms with van der Waals surface area (Å²) in [5.74, 6) is -1.53. The first kappa shape index (κ1) is 34.7. The molecule has 46 heavy (non-hydrogen) atoms. The summed E-state index contributed by atoms with van der Waals surface area (Å²) in [7, 11) is 1.54. The first-order valence-electron chi connectivity index (χ1n) is 15.7. The molecule has 248 valence electrons. The molecule has 1 aliphatic rings. The van der Waals surface area contributed by atoms with Crippen molar-refractivity contribution in [3.8, 4) is 0 Å². The van der Waals surface area contributed by atoms with Crippen molar-refractivity contribution in [1.82, 2.24) is 20.2 Å². The second-order valence-corrected chi connectivity index (χ2v) is 13.4. The first-order chi connectivity index (χ1) is 21.7. The van der Waals surface area contributed by atoms with Gasteiger partial charge < -0.3 is 20.5 Å². The summed E-state index contributed by atoms with van der Waals surface area (Å²) in [4.78, 5) is 50.0. The molecule has 0 aliphatic carbocycles. The molecule has 2 unspecified atom stereocenters. The molecule has 1 aromatic carbocycles. The lowest BCUT2D eigenvalue weighted by Gasteiger charge is -2.33. The van der Waals surface area contributed by atoms with Gasteiger partial charge in [-0.15, -0.1) is 0 Å². The van der Waals surface area contributed by atoms with Crippen molar-refractivity contribution >= 4 is 34.5 Å². The van der Waals surface area contributed by atoms with E-state index in [0.29, 0.717) is 28.7 Å². The van der Waals surface area contributed by atoms with Crippen LogP contribution in [0.5, 0.6) is 0 Å². The van der Waals surface area contributed by atoms with Crippen LogP contribution in [0.15, 0.2) is 54.9 Å². The molecule has 0 saturated carbocycles. The summed E-state index contributed by atoms with van der Waals surface area (Å²) < 4.78 is 5.74. The number of aliphatic hydroxyl groups is 1. The van der Waals surface area contributed by atoms with Crippen LogP contribution < -0.4 is 16.1 Å². The summed E-state index contributed by atoms with van der Waals surface area (Å²) in [6.45, 7) is 9.19. The summed E-state index contributed by atoms with van der Waals surface area (Å²) >= 11 is 0. The topological polar surface area (TPSA) is 171 Å². The number of rotatable bonds is 13. The van der Waals surface area contributed by atoms with Crippen LogP contribution >= 0.6 is 0 Å². The molecule has 1 aliphatic heterocycles. The fraction of sp³-hybridized carbons (Fsp3) is 0.500. The third-order valence-electron chi connectivity index (χ3n) is 8.15. The maximum atomic E-state index is 14.0. The maximum Gasteiger partial charge on any atom is 0.323 e. The van der Waals surface area contributed by atoms with Crippen molar-refractivity contribution in [2.45, 2.75) is 96.2 Å². The van der Waals surface area contributed by atoms with E-state index in [4.69, 9.17) is 10.5 Å². The van der Waals surface area contributed by atoms with Crippen molar-refractivity contribution < 1.29 is 29.4 Å². The molecule has 12 nitrogen and oxygen atoms in total. The number of carbonyl (C=O) groups is 3. The number of fused-ring (bicyclic) bond motifs is 3. The van der Waals surface area contributed by atoms with E-state index in [0.717, 1.165) is 10.6 Å². The van der Waals surface area contributed by atoms with Crippen molar-refractivity contribution in [2.75, 3.05) is 12.1 Å². The number of primary amides is 1. The summed E-state index contributed by atoms with van der Waals surface area (Å²) in [6.07, 6.45) is 2.90. The summed E-state index contributed by atoms with van der Waals surface area (Å²) in [5, 5.41) is 27.3. The molecule has 0 saturated heterocycles. The Labute approximate surface area is 269 Å². The number of hydrogen-bond acceptors (Lipinski definition) is 10. The van der Waals surface area contributed by atoms with Gasteiger partial charge in [-0.3, -0.25) is 24.9 Å². The van der Waals surface area contributed by atoms with E-state index in [1.165, 1.54) is 11.1 Å². The molecule has 2 aromatic heterocycles. The van der Waals surface area contributed by atoms with Crippen LogP contribution in [0.3, 0.4) is 0 Å². The molecule has 3 aromatic rings. The third-order valence-corrected chi connectivity index (χ3v) is 8.15. The van der Waals surface area contributed by atoms with Crippen molar-refractivity contribution in [1.29, 1.82) is 0 Å². The number of hydrogen-bond donors (Lipinski definition) is 4. The second kappa shape index (κ2) is 14.5. The van der Waals surface area contributed by atoms with Crippen LogP contribution in [-0.2, 0) is 25.5 Å². The minimum absolute atomic E-state index is 0.0590. The Balaban J connectivity index is 1.57. The van der Waals surface area contributed by atoms with Crippen LogP contribution in [0, 0.1) is 5.92 Å².